The summed E-state index contributed by atoms with van der Waals surface area (Å²) in [4.78, 5) is 4.95. The maximum atomic E-state index is 5.51. The third-order valence-electron chi connectivity index (χ3n) is 3.52. The Balaban J connectivity index is 1.51. The minimum absolute atomic E-state index is 0.844. The molecular formula is C14H25N3O. The van der Waals surface area contributed by atoms with E-state index in [1.54, 1.807) is 0 Å². The van der Waals surface area contributed by atoms with Crippen LogP contribution in [0.5, 0.6) is 0 Å². The summed E-state index contributed by atoms with van der Waals surface area (Å²) in [7, 11) is 2.20. The van der Waals surface area contributed by atoms with E-state index in [4.69, 9.17) is 4.42 Å². The van der Waals surface area contributed by atoms with Crippen molar-refractivity contribution >= 4 is 0 Å². The number of aryl methyl sites for hydroxylation is 1. The van der Waals surface area contributed by atoms with Gasteiger partial charge in [0.25, 0.3) is 0 Å². The quantitative estimate of drug-likeness (QED) is 0.773. The van der Waals surface area contributed by atoms with Gasteiger partial charge in [-0.2, -0.15) is 0 Å². The van der Waals surface area contributed by atoms with E-state index in [9.17, 15) is 0 Å². The van der Waals surface area contributed by atoms with Crippen molar-refractivity contribution in [2.75, 3.05) is 46.3 Å². The van der Waals surface area contributed by atoms with E-state index in [1.165, 1.54) is 39.1 Å². The van der Waals surface area contributed by atoms with Gasteiger partial charge in [0.1, 0.15) is 11.5 Å². The molecule has 4 nitrogen and oxygen atoms in total. The molecule has 0 spiro atoms. The first-order valence-corrected chi connectivity index (χ1v) is 6.91. The lowest BCUT2D eigenvalue weighted by Gasteiger charge is -2.32. The standard InChI is InChI=1S/C14H25N3O/c1-13-4-5-14(18-13)12-15-6-3-7-17-10-8-16(2)9-11-17/h4-5,15H,3,6-12H2,1-2H3. The van der Waals surface area contributed by atoms with Gasteiger partial charge in [-0.1, -0.05) is 0 Å². The molecule has 1 fully saturated rings. The van der Waals surface area contributed by atoms with Crippen LogP contribution in [-0.4, -0.2) is 56.1 Å². The summed E-state index contributed by atoms with van der Waals surface area (Å²) in [6, 6.07) is 4.06. The zero-order valence-corrected chi connectivity index (χ0v) is 11.6. The van der Waals surface area contributed by atoms with E-state index < -0.39 is 0 Å². The Morgan fingerprint density at radius 1 is 1.22 bits per heavy atom. The van der Waals surface area contributed by atoms with Gasteiger partial charge in [-0.15, -0.1) is 0 Å². The van der Waals surface area contributed by atoms with Crippen molar-refractivity contribution in [3.8, 4) is 0 Å². The van der Waals surface area contributed by atoms with Gasteiger partial charge in [-0.3, -0.25) is 0 Å². The highest BCUT2D eigenvalue weighted by molar-refractivity contribution is 5.04. The summed E-state index contributed by atoms with van der Waals surface area (Å²) in [5.74, 6) is 2.02. The molecule has 102 valence electrons. The van der Waals surface area contributed by atoms with Gasteiger partial charge >= 0.3 is 0 Å². The van der Waals surface area contributed by atoms with Gasteiger partial charge in [0.05, 0.1) is 6.54 Å². The van der Waals surface area contributed by atoms with E-state index in [1.807, 2.05) is 19.1 Å². The van der Waals surface area contributed by atoms with E-state index in [0.717, 1.165) is 24.6 Å². The first kappa shape index (κ1) is 13.6. The maximum absolute atomic E-state index is 5.51. The molecule has 0 atom stereocenters. The normalized spacial score (nSPS) is 18.3. The summed E-state index contributed by atoms with van der Waals surface area (Å²) >= 11 is 0. The van der Waals surface area contributed by atoms with Crippen molar-refractivity contribution in [1.29, 1.82) is 0 Å². The molecule has 0 unspecified atom stereocenters. The summed E-state index contributed by atoms with van der Waals surface area (Å²) in [6.07, 6.45) is 1.21. The highest BCUT2D eigenvalue weighted by Crippen LogP contribution is 2.05. The van der Waals surface area contributed by atoms with Crippen LogP contribution in [0.2, 0.25) is 0 Å². The summed E-state index contributed by atoms with van der Waals surface area (Å²) in [5, 5.41) is 3.43. The van der Waals surface area contributed by atoms with Gasteiger partial charge < -0.3 is 19.5 Å². The molecule has 1 aromatic rings. The molecule has 1 aliphatic rings. The van der Waals surface area contributed by atoms with Crippen LogP contribution in [0.1, 0.15) is 17.9 Å². The number of nitrogens with zero attached hydrogens (tertiary/aromatic N) is 2. The van der Waals surface area contributed by atoms with Crippen LogP contribution in [0.15, 0.2) is 16.5 Å². The molecule has 1 aromatic heterocycles. The summed E-state index contributed by atoms with van der Waals surface area (Å²) < 4.78 is 5.51. The molecule has 2 rings (SSSR count). The predicted molar refractivity (Wildman–Crippen MR) is 73.7 cm³/mol. The summed E-state index contributed by atoms with van der Waals surface area (Å²) in [6.45, 7) is 9.94. The third kappa shape index (κ3) is 4.44. The maximum Gasteiger partial charge on any atom is 0.117 e. The number of hydrogen-bond acceptors (Lipinski definition) is 4. The van der Waals surface area contributed by atoms with Crippen LogP contribution >= 0.6 is 0 Å². The molecule has 0 radical (unpaired) electrons. The van der Waals surface area contributed by atoms with Crippen LogP contribution in [0.3, 0.4) is 0 Å². The third-order valence-corrected chi connectivity index (χ3v) is 3.52. The number of rotatable bonds is 6. The fourth-order valence-corrected chi connectivity index (χ4v) is 2.29. The molecule has 0 aromatic carbocycles. The van der Waals surface area contributed by atoms with Gasteiger partial charge in [0.2, 0.25) is 0 Å². The lowest BCUT2D eigenvalue weighted by atomic mass is 10.3. The Morgan fingerprint density at radius 2 is 2.00 bits per heavy atom. The van der Waals surface area contributed by atoms with Crippen molar-refractivity contribution in [1.82, 2.24) is 15.1 Å². The Labute approximate surface area is 110 Å². The SMILES string of the molecule is Cc1ccc(CNCCCN2CCN(C)CC2)o1. The fourth-order valence-electron chi connectivity index (χ4n) is 2.29. The molecule has 1 aliphatic heterocycles. The van der Waals surface area contributed by atoms with Crippen LogP contribution in [-0.2, 0) is 6.54 Å². The van der Waals surface area contributed by atoms with E-state index in [0.29, 0.717) is 0 Å². The Morgan fingerprint density at radius 3 is 2.67 bits per heavy atom. The topological polar surface area (TPSA) is 31.6 Å². The number of hydrogen-bond donors (Lipinski definition) is 1. The van der Waals surface area contributed by atoms with Crippen LogP contribution < -0.4 is 5.32 Å². The Bertz CT molecular complexity index is 343. The first-order valence-electron chi connectivity index (χ1n) is 6.91. The van der Waals surface area contributed by atoms with Crippen molar-refractivity contribution in [2.45, 2.75) is 19.9 Å². The molecule has 0 saturated carbocycles. The molecular weight excluding hydrogens is 226 g/mol. The van der Waals surface area contributed by atoms with Crippen molar-refractivity contribution in [3.63, 3.8) is 0 Å². The molecule has 4 heteroatoms. The Kier molecular flexibility index (Phi) is 5.23. The van der Waals surface area contributed by atoms with E-state index in [2.05, 4.69) is 22.2 Å². The largest absolute Gasteiger partial charge is 0.465 e. The first-order chi connectivity index (χ1) is 8.74. The average Bonchev–Trinajstić information content (AvgIpc) is 2.77. The van der Waals surface area contributed by atoms with Crippen LogP contribution in [0, 0.1) is 6.92 Å². The molecule has 0 bridgehead atoms. The van der Waals surface area contributed by atoms with E-state index in [-0.39, 0.29) is 0 Å². The number of furan rings is 1. The van der Waals surface area contributed by atoms with Gasteiger partial charge in [-0.05, 0) is 45.6 Å². The van der Waals surface area contributed by atoms with Crippen LogP contribution in [0.4, 0.5) is 0 Å². The van der Waals surface area contributed by atoms with Crippen molar-refractivity contribution in [3.05, 3.63) is 23.7 Å². The van der Waals surface area contributed by atoms with Gasteiger partial charge in [0.15, 0.2) is 0 Å². The zero-order valence-electron chi connectivity index (χ0n) is 11.6. The van der Waals surface area contributed by atoms with Gasteiger partial charge in [-0.25, -0.2) is 0 Å². The number of likely N-dealkylation sites (N-methyl/N-ethyl adjacent to an activating group) is 1. The molecule has 2 heterocycles. The molecule has 0 aliphatic carbocycles. The smallest absolute Gasteiger partial charge is 0.117 e. The van der Waals surface area contributed by atoms with Crippen molar-refractivity contribution in [2.24, 2.45) is 0 Å². The number of nitrogens with one attached hydrogen (secondary N) is 1. The lowest BCUT2D eigenvalue weighted by Crippen LogP contribution is -2.45. The second-order valence-electron chi connectivity index (χ2n) is 5.19. The highest BCUT2D eigenvalue weighted by Gasteiger charge is 2.12. The molecule has 1 N–H and O–H groups in total. The average molecular weight is 251 g/mol. The van der Waals surface area contributed by atoms with E-state index >= 15 is 0 Å². The number of piperazine rings is 1. The Hall–Kier alpha value is -0.840. The van der Waals surface area contributed by atoms with Crippen LogP contribution in [0.25, 0.3) is 0 Å². The summed E-state index contributed by atoms with van der Waals surface area (Å²) in [5.41, 5.74) is 0. The molecule has 0 amide bonds. The lowest BCUT2D eigenvalue weighted by molar-refractivity contribution is 0.152. The zero-order chi connectivity index (χ0) is 12.8. The predicted octanol–water partition coefficient (Wildman–Crippen LogP) is 1.32. The minimum atomic E-state index is 0.844. The highest BCUT2D eigenvalue weighted by atomic mass is 16.3. The van der Waals surface area contributed by atoms with Gasteiger partial charge in [0, 0.05) is 26.2 Å². The molecule has 18 heavy (non-hydrogen) atoms. The fraction of sp³-hybridized carbons (Fsp3) is 0.714. The molecule has 1 saturated heterocycles. The minimum Gasteiger partial charge on any atom is -0.465 e. The second-order valence-corrected chi connectivity index (χ2v) is 5.19. The van der Waals surface area contributed by atoms with Crippen molar-refractivity contribution < 1.29 is 4.42 Å². The second kappa shape index (κ2) is 6.92. The monoisotopic (exact) mass is 251 g/mol.